The maximum atomic E-state index is 6.24. The minimum Gasteiger partial charge on any atom is -0.159 e. The molecule has 2 nitrogen and oxygen atoms in total. The van der Waals surface area contributed by atoms with E-state index < -0.39 is 7.92 Å². The topological polar surface area (TPSA) is 24.7 Å². The monoisotopic (exact) mass is 420 g/mol. The van der Waals surface area contributed by atoms with E-state index in [-0.39, 0.29) is 5.41 Å². The second-order valence-corrected chi connectivity index (χ2v) is 10.4. The molecule has 29 heavy (non-hydrogen) atoms. The summed E-state index contributed by atoms with van der Waals surface area (Å²) in [5.74, 6) is 0. The normalized spacial score (nSPS) is 12.7. The molecule has 0 amide bonds. The first-order valence-electron chi connectivity index (χ1n) is 9.68. The van der Waals surface area contributed by atoms with Crippen LogP contribution in [0.3, 0.4) is 0 Å². The molecule has 0 spiro atoms. The number of hydrogen-bond acceptors (Lipinski definition) is 2. The van der Waals surface area contributed by atoms with Gasteiger partial charge in [0.1, 0.15) is 0 Å². The van der Waals surface area contributed by atoms with Crippen LogP contribution in [-0.4, -0.2) is 18.1 Å². The molecule has 0 fully saturated rings. The summed E-state index contributed by atoms with van der Waals surface area (Å²) in [4.78, 5) is 0. The largest absolute Gasteiger partial charge is 0.159 e. The van der Waals surface area contributed by atoms with Gasteiger partial charge in [-0.05, 0) is 24.6 Å². The van der Waals surface area contributed by atoms with Crippen LogP contribution in [0, 0.1) is 5.41 Å². The first-order valence-corrected chi connectivity index (χ1v) is 11.6. The van der Waals surface area contributed by atoms with Crippen molar-refractivity contribution in [2.45, 2.75) is 20.8 Å². The van der Waals surface area contributed by atoms with E-state index in [2.05, 4.69) is 91.6 Å². The van der Waals surface area contributed by atoms with Crippen molar-refractivity contribution in [2.24, 2.45) is 15.6 Å². The standard InChI is InChI=1S/C25H26ClN2P/c1-25(2,3)24(28-27-18-20-12-10-11-17-23(20)26)19-29(21-13-6-4-7-14-21)22-15-8-5-9-16-22/h4-18H,19H2,1-3H3/b27-18+,28-24-. The summed E-state index contributed by atoms with van der Waals surface area (Å²) in [5, 5.41) is 12.4. The van der Waals surface area contributed by atoms with E-state index >= 15 is 0 Å². The highest BCUT2D eigenvalue weighted by Crippen LogP contribution is 2.36. The summed E-state index contributed by atoms with van der Waals surface area (Å²) in [6, 6.07) is 29.1. The summed E-state index contributed by atoms with van der Waals surface area (Å²) in [7, 11) is -0.562. The van der Waals surface area contributed by atoms with Gasteiger partial charge in [-0.2, -0.15) is 10.2 Å². The maximum absolute atomic E-state index is 6.24. The lowest BCUT2D eigenvalue weighted by Gasteiger charge is -2.26. The lowest BCUT2D eigenvalue weighted by molar-refractivity contribution is 0.586. The molecule has 0 aliphatic heterocycles. The fourth-order valence-electron chi connectivity index (χ4n) is 2.86. The van der Waals surface area contributed by atoms with E-state index in [1.165, 1.54) is 10.6 Å². The Labute approximate surface area is 180 Å². The van der Waals surface area contributed by atoms with Crippen LogP contribution >= 0.6 is 19.5 Å². The summed E-state index contributed by atoms with van der Waals surface area (Å²) < 4.78 is 0. The molecule has 0 N–H and O–H groups in total. The van der Waals surface area contributed by atoms with Crippen LogP contribution in [0.15, 0.2) is 95.1 Å². The third-order valence-corrected chi connectivity index (χ3v) is 7.39. The van der Waals surface area contributed by atoms with Crippen molar-refractivity contribution in [3.63, 3.8) is 0 Å². The van der Waals surface area contributed by atoms with Crippen LogP contribution in [-0.2, 0) is 0 Å². The highest BCUT2D eigenvalue weighted by Gasteiger charge is 2.24. The van der Waals surface area contributed by atoms with Crippen LogP contribution in [0.5, 0.6) is 0 Å². The van der Waals surface area contributed by atoms with Gasteiger partial charge in [0.25, 0.3) is 0 Å². The van der Waals surface area contributed by atoms with Gasteiger partial charge < -0.3 is 0 Å². The molecule has 4 heteroatoms. The predicted octanol–water partition coefficient (Wildman–Crippen LogP) is 6.29. The molecular formula is C25H26ClN2P. The average Bonchev–Trinajstić information content (AvgIpc) is 2.72. The summed E-state index contributed by atoms with van der Waals surface area (Å²) >= 11 is 6.24. The Bertz CT molecular complexity index is 937. The smallest absolute Gasteiger partial charge is 0.0583 e. The van der Waals surface area contributed by atoms with Gasteiger partial charge in [0.05, 0.1) is 11.9 Å². The lowest BCUT2D eigenvalue weighted by Crippen LogP contribution is -2.27. The Balaban J connectivity index is 1.94. The molecule has 0 aliphatic rings. The van der Waals surface area contributed by atoms with E-state index in [9.17, 15) is 0 Å². The Morgan fingerprint density at radius 2 is 1.34 bits per heavy atom. The molecule has 0 bridgehead atoms. The SMILES string of the molecule is CC(C)(C)/C(CP(c1ccccc1)c1ccccc1)=N\N=C\c1ccccc1Cl. The molecule has 0 radical (unpaired) electrons. The number of benzene rings is 3. The zero-order chi connectivity index (χ0) is 20.7. The highest BCUT2D eigenvalue weighted by atomic mass is 35.5. The molecule has 0 unspecified atom stereocenters. The van der Waals surface area contributed by atoms with E-state index in [1.807, 2.05) is 24.3 Å². The van der Waals surface area contributed by atoms with Gasteiger partial charge >= 0.3 is 0 Å². The molecule has 3 rings (SSSR count). The quantitative estimate of drug-likeness (QED) is 0.254. The summed E-state index contributed by atoms with van der Waals surface area (Å²) in [6.07, 6.45) is 2.61. The zero-order valence-corrected chi connectivity index (χ0v) is 18.7. The van der Waals surface area contributed by atoms with Gasteiger partial charge in [-0.3, -0.25) is 0 Å². The van der Waals surface area contributed by atoms with Gasteiger partial charge in [-0.1, -0.05) is 111 Å². The highest BCUT2D eigenvalue weighted by molar-refractivity contribution is 7.73. The third kappa shape index (κ3) is 6.10. The van der Waals surface area contributed by atoms with Crippen LogP contribution in [0.2, 0.25) is 5.02 Å². The Morgan fingerprint density at radius 1 is 0.828 bits per heavy atom. The molecule has 3 aromatic rings. The number of halogens is 1. The fourth-order valence-corrected chi connectivity index (χ4v) is 5.61. The molecule has 3 aromatic carbocycles. The average molecular weight is 421 g/mol. The number of hydrogen-bond donors (Lipinski definition) is 0. The first kappa shape index (κ1) is 21.4. The van der Waals surface area contributed by atoms with Crippen molar-refractivity contribution in [2.75, 3.05) is 6.16 Å². The molecule has 0 saturated heterocycles. The van der Waals surface area contributed by atoms with Crippen molar-refractivity contribution >= 4 is 42.1 Å². The maximum Gasteiger partial charge on any atom is 0.0583 e. The Kier molecular flexibility index (Phi) is 7.36. The molecule has 0 saturated carbocycles. The predicted molar refractivity (Wildman–Crippen MR) is 130 cm³/mol. The molecular weight excluding hydrogens is 395 g/mol. The van der Waals surface area contributed by atoms with E-state index in [1.54, 1.807) is 6.21 Å². The molecule has 0 heterocycles. The first-order chi connectivity index (χ1) is 13.9. The van der Waals surface area contributed by atoms with Crippen molar-refractivity contribution < 1.29 is 0 Å². The van der Waals surface area contributed by atoms with Gasteiger partial charge in [0, 0.05) is 22.2 Å². The van der Waals surface area contributed by atoms with Crippen LogP contribution in [0.25, 0.3) is 0 Å². The Morgan fingerprint density at radius 3 is 1.86 bits per heavy atom. The van der Waals surface area contributed by atoms with E-state index in [0.29, 0.717) is 5.02 Å². The van der Waals surface area contributed by atoms with Crippen molar-refractivity contribution in [1.29, 1.82) is 0 Å². The molecule has 0 atom stereocenters. The molecule has 0 aliphatic carbocycles. The van der Waals surface area contributed by atoms with Gasteiger partial charge in [-0.25, -0.2) is 0 Å². The van der Waals surface area contributed by atoms with Gasteiger partial charge in [0.2, 0.25) is 0 Å². The van der Waals surface area contributed by atoms with Gasteiger partial charge in [0.15, 0.2) is 0 Å². The van der Waals surface area contributed by atoms with Crippen molar-refractivity contribution in [1.82, 2.24) is 0 Å². The van der Waals surface area contributed by atoms with Crippen LogP contribution < -0.4 is 10.6 Å². The molecule has 0 aromatic heterocycles. The third-order valence-electron chi connectivity index (χ3n) is 4.59. The second-order valence-electron chi connectivity index (χ2n) is 7.82. The minimum atomic E-state index is -0.562. The van der Waals surface area contributed by atoms with Crippen molar-refractivity contribution in [3.05, 3.63) is 95.5 Å². The van der Waals surface area contributed by atoms with Crippen LogP contribution in [0.4, 0.5) is 0 Å². The summed E-state index contributed by atoms with van der Waals surface area (Å²) in [6.45, 7) is 6.58. The molecule has 148 valence electrons. The minimum absolute atomic E-state index is 0.0814. The zero-order valence-electron chi connectivity index (χ0n) is 17.1. The van der Waals surface area contributed by atoms with E-state index in [0.717, 1.165) is 17.4 Å². The lowest BCUT2D eigenvalue weighted by atomic mass is 9.91. The van der Waals surface area contributed by atoms with Gasteiger partial charge in [-0.15, -0.1) is 0 Å². The van der Waals surface area contributed by atoms with Crippen molar-refractivity contribution in [3.8, 4) is 0 Å². The van der Waals surface area contributed by atoms with Crippen LogP contribution in [0.1, 0.15) is 26.3 Å². The summed E-state index contributed by atoms with van der Waals surface area (Å²) in [5.41, 5.74) is 1.88. The Hall–Kier alpha value is -2.28. The van der Waals surface area contributed by atoms with E-state index in [4.69, 9.17) is 11.6 Å². The second kappa shape index (κ2) is 9.96. The number of rotatable bonds is 6. The number of nitrogens with zero attached hydrogens (tertiary/aromatic N) is 2. The fraction of sp³-hybridized carbons (Fsp3) is 0.200.